The average molecular weight is 295 g/mol. The third-order valence-electron chi connectivity index (χ3n) is 3.57. The molecular formula is C16H25NO4. The third kappa shape index (κ3) is 6.14. The molecule has 0 aromatic heterocycles. The van der Waals surface area contributed by atoms with Crippen LogP contribution in [0, 0.1) is 5.92 Å². The van der Waals surface area contributed by atoms with Crippen LogP contribution in [0.1, 0.15) is 37.0 Å². The summed E-state index contributed by atoms with van der Waals surface area (Å²) >= 11 is 0. The van der Waals surface area contributed by atoms with Crippen LogP contribution in [0.15, 0.2) is 24.3 Å². The smallest absolute Gasteiger partial charge is 0.335 e. The highest BCUT2D eigenvalue weighted by atomic mass is 16.5. The maximum Gasteiger partial charge on any atom is 0.335 e. The van der Waals surface area contributed by atoms with Gasteiger partial charge in [-0.1, -0.05) is 32.8 Å². The SMILES string of the molecule is CCC(CC)C(O)CNCCOc1cccc(C(=O)O)c1. The van der Waals surface area contributed by atoms with Crippen LogP contribution in [-0.4, -0.2) is 42.0 Å². The number of aromatic carboxylic acids is 1. The number of ether oxygens (including phenoxy) is 1. The van der Waals surface area contributed by atoms with Crippen LogP contribution in [0.3, 0.4) is 0 Å². The van der Waals surface area contributed by atoms with Crippen molar-refractivity contribution in [3.8, 4) is 5.75 Å². The summed E-state index contributed by atoms with van der Waals surface area (Å²) in [4.78, 5) is 10.8. The molecule has 5 heteroatoms. The van der Waals surface area contributed by atoms with Crippen molar-refractivity contribution in [3.63, 3.8) is 0 Å². The Morgan fingerprint density at radius 1 is 1.33 bits per heavy atom. The minimum Gasteiger partial charge on any atom is -0.492 e. The van der Waals surface area contributed by atoms with Gasteiger partial charge in [0.1, 0.15) is 12.4 Å². The fourth-order valence-electron chi connectivity index (χ4n) is 2.21. The van der Waals surface area contributed by atoms with Gasteiger partial charge in [-0.3, -0.25) is 0 Å². The van der Waals surface area contributed by atoms with Crippen molar-refractivity contribution in [3.05, 3.63) is 29.8 Å². The first kappa shape index (κ1) is 17.5. The molecule has 1 aromatic carbocycles. The van der Waals surface area contributed by atoms with Crippen LogP contribution < -0.4 is 10.1 Å². The van der Waals surface area contributed by atoms with Crippen molar-refractivity contribution in [1.29, 1.82) is 0 Å². The molecule has 0 bridgehead atoms. The summed E-state index contributed by atoms with van der Waals surface area (Å²) in [6, 6.07) is 6.41. The molecule has 0 aliphatic heterocycles. The molecule has 118 valence electrons. The first-order valence-electron chi connectivity index (χ1n) is 7.43. The summed E-state index contributed by atoms with van der Waals surface area (Å²) in [6.45, 7) is 5.74. The molecule has 3 N–H and O–H groups in total. The topological polar surface area (TPSA) is 78.8 Å². The Bertz CT molecular complexity index is 432. The maximum absolute atomic E-state index is 10.8. The van der Waals surface area contributed by atoms with Gasteiger partial charge in [-0.25, -0.2) is 4.79 Å². The lowest BCUT2D eigenvalue weighted by atomic mass is 9.97. The second-order valence-corrected chi connectivity index (χ2v) is 5.03. The second-order valence-electron chi connectivity index (χ2n) is 5.03. The molecule has 0 heterocycles. The monoisotopic (exact) mass is 295 g/mol. The summed E-state index contributed by atoms with van der Waals surface area (Å²) in [5.74, 6) is -0.102. The van der Waals surface area contributed by atoms with E-state index in [2.05, 4.69) is 19.2 Å². The van der Waals surface area contributed by atoms with E-state index in [0.717, 1.165) is 12.8 Å². The molecule has 0 amide bonds. The van der Waals surface area contributed by atoms with Gasteiger partial charge in [0.05, 0.1) is 11.7 Å². The summed E-state index contributed by atoms with van der Waals surface area (Å²) in [5, 5.41) is 22.0. The Labute approximate surface area is 125 Å². The number of hydrogen-bond acceptors (Lipinski definition) is 4. The van der Waals surface area contributed by atoms with Gasteiger partial charge in [-0.15, -0.1) is 0 Å². The number of aliphatic hydroxyl groups excluding tert-OH is 1. The fraction of sp³-hybridized carbons (Fsp3) is 0.562. The molecule has 21 heavy (non-hydrogen) atoms. The molecule has 0 saturated carbocycles. The largest absolute Gasteiger partial charge is 0.492 e. The maximum atomic E-state index is 10.8. The van der Waals surface area contributed by atoms with Crippen molar-refractivity contribution in [2.24, 2.45) is 5.92 Å². The van der Waals surface area contributed by atoms with E-state index in [-0.39, 0.29) is 11.7 Å². The van der Waals surface area contributed by atoms with Crippen molar-refractivity contribution >= 4 is 5.97 Å². The van der Waals surface area contributed by atoms with Crippen LogP contribution in [0.25, 0.3) is 0 Å². The fourth-order valence-corrected chi connectivity index (χ4v) is 2.21. The molecule has 0 aliphatic carbocycles. The molecule has 1 rings (SSSR count). The van der Waals surface area contributed by atoms with Crippen molar-refractivity contribution < 1.29 is 19.7 Å². The lowest BCUT2D eigenvalue weighted by Gasteiger charge is -2.20. The van der Waals surface area contributed by atoms with E-state index in [9.17, 15) is 9.90 Å². The number of rotatable bonds is 10. The zero-order valence-corrected chi connectivity index (χ0v) is 12.7. The summed E-state index contributed by atoms with van der Waals surface area (Å²) < 4.78 is 5.48. The second kappa shape index (κ2) is 9.37. The first-order valence-corrected chi connectivity index (χ1v) is 7.43. The molecule has 0 aliphatic rings. The summed E-state index contributed by atoms with van der Waals surface area (Å²) in [5.41, 5.74) is 0.213. The van der Waals surface area contributed by atoms with Gasteiger partial charge in [0.15, 0.2) is 0 Å². The van der Waals surface area contributed by atoms with Crippen molar-refractivity contribution in [2.75, 3.05) is 19.7 Å². The Morgan fingerprint density at radius 2 is 2.05 bits per heavy atom. The van der Waals surface area contributed by atoms with Crippen LogP contribution in [0.2, 0.25) is 0 Å². The Hall–Kier alpha value is -1.59. The molecule has 1 aromatic rings. The predicted octanol–water partition coefficient (Wildman–Crippen LogP) is 2.15. The third-order valence-corrected chi connectivity index (χ3v) is 3.57. The first-order chi connectivity index (χ1) is 10.1. The number of carboxylic acids is 1. The number of carbonyl (C=O) groups is 1. The molecule has 1 unspecified atom stereocenters. The molecule has 0 radical (unpaired) electrons. The predicted molar refractivity (Wildman–Crippen MR) is 81.8 cm³/mol. The van der Waals surface area contributed by atoms with Gasteiger partial charge < -0.3 is 20.3 Å². The van der Waals surface area contributed by atoms with Gasteiger partial charge in [0.25, 0.3) is 0 Å². The highest BCUT2D eigenvalue weighted by Crippen LogP contribution is 2.13. The van der Waals surface area contributed by atoms with Gasteiger partial charge in [-0.05, 0) is 24.1 Å². The van der Waals surface area contributed by atoms with Crippen LogP contribution in [0.4, 0.5) is 0 Å². The number of aliphatic hydroxyl groups is 1. The van der Waals surface area contributed by atoms with Crippen LogP contribution in [-0.2, 0) is 0 Å². The highest BCUT2D eigenvalue weighted by molar-refractivity contribution is 5.87. The number of hydrogen-bond donors (Lipinski definition) is 3. The van der Waals surface area contributed by atoms with E-state index >= 15 is 0 Å². The molecular weight excluding hydrogens is 270 g/mol. The molecule has 0 saturated heterocycles. The van der Waals surface area contributed by atoms with Crippen molar-refractivity contribution in [1.82, 2.24) is 5.32 Å². The minimum atomic E-state index is -0.966. The summed E-state index contributed by atoms with van der Waals surface area (Å²) in [7, 11) is 0. The highest BCUT2D eigenvalue weighted by Gasteiger charge is 2.14. The number of nitrogens with one attached hydrogen (secondary N) is 1. The average Bonchev–Trinajstić information content (AvgIpc) is 2.48. The standard InChI is InChI=1S/C16H25NO4/c1-3-12(4-2)15(18)11-17-8-9-21-14-7-5-6-13(10-14)16(19)20/h5-7,10,12,15,17-18H,3-4,8-9,11H2,1-2H3,(H,19,20). The Balaban J connectivity index is 2.25. The van der Waals surface area contributed by atoms with Gasteiger partial charge in [0.2, 0.25) is 0 Å². The van der Waals surface area contributed by atoms with Gasteiger partial charge in [-0.2, -0.15) is 0 Å². The molecule has 5 nitrogen and oxygen atoms in total. The number of carboxylic acid groups (broad SMARTS) is 1. The minimum absolute atomic E-state index is 0.213. The zero-order valence-electron chi connectivity index (χ0n) is 12.7. The van der Waals surface area contributed by atoms with E-state index < -0.39 is 5.97 Å². The lowest BCUT2D eigenvalue weighted by molar-refractivity contribution is 0.0696. The zero-order chi connectivity index (χ0) is 15.7. The van der Waals surface area contributed by atoms with Crippen LogP contribution >= 0.6 is 0 Å². The van der Waals surface area contributed by atoms with Crippen LogP contribution in [0.5, 0.6) is 5.75 Å². The Kier molecular flexibility index (Phi) is 7.79. The van der Waals surface area contributed by atoms with E-state index in [1.165, 1.54) is 12.1 Å². The molecule has 0 fully saturated rings. The van der Waals surface area contributed by atoms with E-state index in [1.54, 1.807) is 12.1 Å². The summed E-state index contributed by atoms with van der Waals surface area (Å²) in [6.07, 6.45) is 1.60. The van der Waals surface area contributed by atoms with Gasteiger partial charge >= 0.3 is 5.97 Å². The van der Waals surface area contributed by atoms with Crippen molar-refractivity contribution in [2.45, 2.75) is 32.8 Å². The van der Waals surface area contributed by atoms with E-state index in [1.807, 2.05) is 0 Å². The molecule has 1 atom stereocenters. The van der Waals surface area contributed by atoms with Gasteiger partial charge in [0, 0.05) is 13.1 Å². The Morgan fingerprint density at radius 3 is 2.67 bits per heavy atom. The van der Waals surface area contributed by atoms with E-state index in [0.29, 0.717) is 31.4 Å². The van der Waals surface area contributed by atoms with E-state index in [4.69, 9.17) is 9.84 Å². The number of benzene rings is 1. The normalized spacial score (nSPS) is 12.4. The lowest BCUT2D eigenvalue weighted by Crippen LogP contribution is -2.34. The molecule has 0 spiro atoms. The quantitative estimate of drug-likeness (QED) is 0.576.